The summed E-state index contributed by atoms with van der Waals surface area (Å²) < 4.78 is 1.25. The second-order valence-corrected chi connectivity index (χ2v) is 7.40. The van der Waals surface area contributed by atoms with Crippen molar-refractivity contribution < 1.29 is 0 Å². The molecule has 0 radical (unpaired) electrons. The van der Waals surface area contributed by atoms with Gasteiger partial charge in [-0.05, 0) is 25.1 Å². The first kappa shape index (κ1) is 13.6. The van der Waals surface area contributed by atoms with Gasteiger partial charge in [-0.15, -0.1) is 22.7 Å². The molecular formula is C16H14N4S2. The van der Waals surface area contributed by atoms with E-state index in [2.05, 4.69) is 51.5 Å². The Bertz CT molecular complexity index is 909. The van der Waals surface area contributed by atoms with Crippen LogP contribution in [0.1, 0.15) is 9.88 Å². The minimum atomic E-state index is 0.820. The molecule has 1 N–H and O–H groups in total. The van der Waals surface area contributed by atoms with Crippen LogP contribution in [0, 0.1) is 6.92 Å². The number of hydrogen-bond donors (Lipinski definition) is 1. The quantitative estimate of drug-likeness (QED) is 0.608. The van der Waals surface area contributed by atoms with Gasteiger partial charge in [-0.3, -0.25) is 0 Å². The summed E-state index contributed by atoms with van der Waals surface area (Å²) in [4.78, 5) is 15.6. The van der Waals surface area contributed by atoms with Crippen molar-refractivity contribution in [2.24, 2.45) is 0 Å². The fraction of sp³-hybridized carbons (Fsp3) is 0.188. The predicted molar refractivity (Wildman–Crippen MR) is 94.0 cm³/mol. The maximum Gasteiger partial charge on any atom is 0.138 e. The number of hydrogen-bond acceptors (Lipinski definition) is 6. The first-order chi connectivity index (χ1) is 10.8. The van der Waals surface area contributed by atoms with E-state index >= 15 is 0 Å². The number of anilines is 1. The lowest BCUT2D eigenvalue weighted by Gasteiger charge is -2.04. The van der Waals surface area contributed by atoms with Gasteiger partial charge in [-0.1, -0.05) is 12.1 Å². The van der Waals surface area contributed by atoms with Crippen LogP contribution in [0.25, 0.3) is 20.4 Å². The van der Waals surface area contributed by atoms with E-state index in [1.54, 1.807) is 29.0 Å². The van der Waals surface area contributed by atoms with Crippen LogP contribution in [0.15, 0.2) is 36.7 Å². The highest BCUT2D eigenvalue weighted by Crippen LogP contribution is 2.27. The summed E-state index contributed by atoms with van der Waals surface area (Å²) in [7, 11) is 0. The molecule has 4 rings (SSSR count). The summed E-state index contributed by atoms with van der Waals surface area (Å²) in [6, 6.07) is 10.4. The molecule has 0 aliphatic heterocycles. The SMILES string of the molecule is Cc1cc2c(NCCc3nc4ccccc4s3)ncnc2s1. The summed E-state index contributed by atoms with van der Waals surface area (Å²) in [5, 5.41) is 5.68. The van der Waals surface area contributed by atoms with Crippen LogP contribution in [-0.4, -0.2) is 21.5 Å². The predicted octanol–water partition coefficient (Wildman–Crippen LogP) is 4.26. The van der Waals surface area contributed by atoms with Gasteiger partial charge in [0.05, 0.1) is 20.6 Å². The number of nitrogens with zero attached hydrogens (tertiary/aromatic N) is 3. The Balaban J connectivity index is 1.50. The molecule has 4 nitrogen and oxygen atoms in total. The van der Waals surface area contributed by atoms with E-state index in [0.29, 0.717) is 0 Å². The molecule has 0 spiro atoms. The number of rotatable bonds is 4. The largest absolute Gasteiger partial charge is 0.369 e. The first-order valence-electron chi connectivity index (χ1n) is 7.09. The summed E-state index contributed by atoms with van der Waals surface area (Å²) in [6.45, 7) is 2.91. The fourth-order valence-electron chi connectivity index (χ4n) is 2.43. The minimum Gasteiger partial charge on any atom is -0.369 e. The molecule has 22 heavy (non-hydrogen) atoms. The summed E-state index contributed by atoms with van der Waals surface area (Å²) in [6.07, 6.45) is 2.52. The number of benzene rings is 1. The van der Waals surface area contributed by atoms with Gasteiger partial charge in [0.25, 0.3) is 0 Å². The van der Waals surface area contributed by atoms with Crippen LogP contribution in [-0.2, 0) is 6.42 Å². The van der Waals surface area contributed by atoms with E-state index in [1.165, 1.54) is 9.58 Å². The lowest BCUT2D eigenvalue weighted by Crippen LogP contribution is -2.06. The third-order valence-corrected chi connectivity index (χ3v) is 5.48. The smallest absolute Gasteiger partial charge is 0.138 e. The lowest BCUT2D eigenvalue weighted by molar-refractivity contribution is 0.994. The van der Waals surface area contributed by atoms with Gasteiger partial charge in [0.2, 0.25) is 0 Å². The number of aromatic nitrogens is 3. The number of fused-ring (bicyclic) bond motifs is 2. The normalized spacial score (nSPS) is 11.3. The van der Waals surface area contributed by atoms with Crippen LogP contribution in [0.5, 0.6) is 0 Å². The minimum absolute atomic E-state index is 0.820. The molecular weight excluding hydrogens is 312 g/mol. The summed E-state index contributed by atoms with van der Waals surface area (Å²) >= 11 is 3.46. The lowest BCUT2D eigenvalue weighted by atomic mass is 10.3. The number of aryl methyl sites for hydroxylation is 1. The van der Waals surface area contributed by atoms with Crippen LogP contribution in [0.3, 0.4) is 0 Å². The maximum absolute atomic E-state index is 4.66. The highest BCUT2D eigenvalue weighted by molar-refractivity contribution is 7.18. The molecule has 0 aliphatic carbocycles. The van der Waals surface area contributed by atoms with Crippen molar-refractivity contribution in [3.8, 4) is 0 Å². The molecule has 0 atom stereocenters. The average molecular weight is 326 g/mol. The van der Waals surface area contributed by atoms with Crippen LogP contribution >= 0.6 is 22.7 Å². The van der Waals surface area contributed by atoms with Crippen molar-refractivity contribution in [2.45, 2.75) is 13.3 Å². The number of nitrogens with one attached hydrogen (secondary N) is 1. The standard InChI is InChI=1S/C16H14N4S2/c1-10-8-11-15(18-9-19-16(11)21-10)17-7-6-14-20-12-4-2-3-5-13(12)22-14/h2-5,8-9H,6-7H2,1H3,(H,17,18,19). The Morgan fingerprint density at radius 2 is 2.05 bits per heavy atom. The van der Waals surface area contributed by atoms with Gasteiger partial charge >= 0.3 is 0 Å². The molecule has 3 aromatic heterocycles. The van der Waals surface area contributed by atoms with Gasteiger partial charge in [0.15, 0.2) is 0 Å². The van der Waals surface area contributed by atoms with Gasteiger partial charge in [-0.25, -0.2) is 15.0 Å². The average Bonchev–Trinajstić information content (AvgIpc) is 3.09. The molecule has 1 aromatic carbocycles. The Morgan fingerprint density at radius 3 is 2.95 bits per heavy atom. The number of thiophene rings is 1. The zero-order chi connectivity index (χ0) is 14.9. The number of thiazole rings is 1. The summed E-state index contributed by atoms with van der Waals surface area (Å²) in [5.41, 5.74) is 1.08. The van der Waals surface area contributed by atoms with Crippen LogP contribution in [0.2, 0.25) is 0 Å². The van der Waals surface area contributed by atoms with Gasteiger partial charge in [0, 0.05) is 17.8 Å². The Kier molecular flexibility index (Phi) is 3.48. The Hall–Kier alpha value is -2.05. The van der Waals surface area contributed by atoms with Crippen LogP contribution < -0.4 is 5.32 Å². The van der Waals surface area contributed by atoms with Crippen molar-refractivity contribution in [3.63, 3.8) is 0 Å². The zero-order valence-corrected chi connectivity index (χ0v) is 13.7. The van der Waals surface area contributed by atoms with Crippen molar-refractivity contribution >= 4 is 48.9 Å². The van der Waals surface area contributed by atoms with E-state index in [9.17, 15) is 0 Å². The molecule has 3 heterocycles. The van der Waals surface area contributed by atoms with Crippen molar-refractivity contribution in [3.05, 3.63) is 46.5 Å². The van der Waals surface area contributed by atoms with E-state index < -0.39 is 0 Å². The van der Waals surface area contributed by atoms with Crippen LogP contribution in [0.4, 0.5) is 5.82 Å². The highest BCUT2D eigenvalue weighted by Gasteiger charge is 2.07. The van der Waals surface area contributed by atoms with E-state index in [4.69, 9.17) is 0 Å². The maximum atomic E-state index is 4.66. The molecule has 0 unspecified atom stereocenters. The molecule has 0 fully saturated rings. The number of para-hydroxylation sites is 1. The second kappa shape index (κ2) is 5.62. The third kappa shape index (κ3) is 2.55. The zero-order valence-electron chi connectivity index (χ0n) is 12.0. The molecule has 0 saturated carbocycles. The van der Waals surface area contributed by atoms with Crippen molar-refractivity contribution in [1.29, 1.82) is 0 Å². The molecule has 0 amide bonds. The molecule has 0 bridgehead atoms. The van der Waals surface area contributed by atoms with E-state index in [1.807, 2.05) is 6.07 Å². The molecule has 0 saturated heterocycles. The molecule has 6 heteroatoms. The topological polar surface area (TPSA) is 50.7 Å². The first-order valence-corrected chi connectivity index (χ1v) is 8.72. The Labute approximate surface area is 135 Å². The summed E-state index contributed by atoms with van der Waals surface area (Å²) in [5.74, 6) is 0.912. The van der Waals surface area contributed by atoms with E-state index in [-0.39, 0.29) is 0 Å². The van der Waals surface area contributed by atoms with Gasteiger partial charge in [0.1, 0.15) is 17.0 Å². The van der Waals surface area contributed by atoms with Gasteiger partial charge in [-0.2, -0.15) is 0 Å². The molecule has 4 aromatic rings. The van der Waals surface area contributed by atoms with Crippen molar-refractivity contribution in [1.82, 2.24) is 15.0 Å². The Morgan fingerprint density at radius 1 is 1.14 bits per heavy atom. The van der Waals surface area contributed by atoms with Crippen molar-refractivity contribution in [2.75, 3.05) is 11.9 Å². The second-order valence-electron chi connectivity index (χ2n) is 5.05. The molecule has 0 aliphatic rings. The van der Waals surface area contributed by atoms with E-state index in [0.717, 1.165) is 39.5 Å². The third-order valence-electron chi connectivity index (χ3n) is 3.42. The molecule has 110 valence electrons. The fourth-order valence-corrected chi connectivity index (χ4v) is 4.25. The highest BCUT2D eigenvalue weighted by atomic mass is 32.1. The van der Waals surface area contributed by atoms with Gasteiger partial charge < -0.3 is 5.32 Å². The monoisotopic (exact) mass is 326 g/mol.